The second-order valence-corrected chi connectivity index (χ2v) is 7.30. The first-order valence-electron chi connectivity index (χ1n) is 9.92. The fraction of sp³-hybridized carbons (Fsp3) is 0.348. The smallest absolute Gasteiger partial charge is 0.228 e. The highest BCUT2D eigenvalue weighted by Gasteiger charge is 2.13. The summed E-state index contributed by atoms with van der Waals surface area (Å²) in [5.74, 6) is 0.684. The molecule has 0 aliphatic carbocycles. The van der Waals surface area contributed by atoms with E-state index in [0.29, 0.717) is 0 Å². The summed E-state index contributed by atoms with van der Waals surface area (Å²) in [7, 11) is 1.62. The summed E-state index contributed by atoms with van der Waals surface area (Å²) in [6.45, 7) is 2.23. The molecule has 3 aromatic rings. The van der Waals surface area contributed by atoms with E-state index in [1.54, 1.807) is 13.4 Å². The van der Waals surface area contributed by atoms with Gasteiger partial charge in [-0.2, -0.15) is 0 Å². The Labute approximate surface area is 165 Å². The summed E-state index contributed by atoms with van der Waals surface area (Å²) in [6, 6.07) is 13.8. The molecule has 5 nitrogen and oxygen atoms in total. The normalized spacial score (nSPS) is 14.7. The number of hydrogen-bond donors (Lipinski definition) is 1. The molecule has 0 atom stereocenters. The number of anilines is 2. The average molecular weight is 378 g/mol. The Morgan fingerprint density at radius 2 is 1.82 bits per heavy atom. The van der Waals surface area contributed by atoms with Crippen molar-refractivity contribution in [1.82, 2.24) is 0 Å². The Kier molecular flexibility index (Phi) is 5.51. The molecule has 1 N–H and O–H groups in total. The lowest BCUT2D eigenvalue weighted by atomic mass is 10.1. The predicted octanol–water partition coefficient (Wildman–Crippen LogP) is 5.00. The van der Waals surface area contributed by atoms with Gasteiger partial charge in [0.15, 0.2) is 0 Å². The Hall–Kier alpha value is -2.95. The number of furan rings is 1. The highest BCUT2D eigenvalue weighted by atomic mass is 16.5. The molecular formula is C23H26N2O3. The van der Waals surface area contributed by atoms with Crippen molar-refractivity contribution < 1.29 is 13.9 Å². The van der Waals surface area contributed by atoms with Crippen molar-refractivity contribution in [2.75, 3.05) is 30.4 Å². The molecule has 1 aliphatic rings. The molecule has 2 aromatic carbocycles. The van der Waals surface area contributed by atoms with Gasteiger partial charge in [0, 0.05) is 41.5 Å². The molecule has 1 aromatic heterocycles. The predicted molar refractivity (Wildman–Crippen MR) is 112 cm³/mol. The van der Waals surface area contributed by atoms with Crippen LogP contribution in [0.25, 0.3) is 11.0 Å². The quantitative estimate of drug-likeness (QED) is 0.679. The number of ether oxygens (including phenoxy) is 1. The molecule has 28 heavy (non-hydrogen) atoms. The van der Waals surface area contributed by atoms with Crippen LogP contribution in [0.4, 0.5) is 11.4 Å². The SMILES string of the molecule is COc1ccc2c(CC(=O)Nc3ccc(N4CCCCCC4)cc3)coc2c1. The Morgan fingerprint density at radius 3 is 2.54 bits per heavy atom. The van der Waals surface area contributed by atoms with E-state index in [-0.39, 0.29) is 12.3 Å². The van der Waals surface area contributed by atoms with Crippen LogP contribution in [-0.2, 0) is 11.2 Å². The lowest BCUT2D eigenvalue weighted by Gasteiger charge is -2.22. The molecule has 146 valence electrons. The fourth-order valence-electron chi connectivity index (χ4n) is 3.79. The van der Waals surface area contributed by atoms with Gasteiger partial charge in [-0.1, -0.05) is 12.8 Å². The van der Waals surface area contributed by atoms with Crippen LogP contribution < -0.4 is 15.0 Å². The van der Waals surface area contributed by atoms with Gasteiger partial charge >= 0.3 is 0 Å². The lowest BCUT2D eigenvalue weighted by molar-refractivity contribution is -0.115. The standard InChI is InChI=1S/C23H26N2O3/c1-27-20-10-11-21-17(16-28-22(21)15-20)14-23(26)24-18-6-8-19(9-7-18)25-12-4-2-3-5-13-25/h6-11,15-16H,2-5,12-14H2,1H3,(H,24,26). The van der Waals surface area contributed by atoms with Crippen molar-refractivity contribution in [3.05, 3.63) is 54.3 Å². The van der Waals surface area contributed by atoms with E-state index < -0.39 is 0 Å². The molecular weight excluding hydrogens is 352 g/mol. The van der Waals surface area contributed by atoms with Crippen molar-refractivity contribution in [3.63, 3.8) is 0 Å². The summed E-state index contributed by atoms with van der Waals surface area (Å²) in [5.41, 5.74) is 3.65. The van der Waals surface area contributed by atoms with E-state index in [0.717, 1.165) is 41.1 Å². The van der Waals surface area contributed by atoms with Crippen LogP contribution in [0.5, 0.6) is 5.75 Å². The van der Waals surface area contributed by atoms with Gasteiger partial charge in [0.1, 0.15) is 11.3 Å². The zero-order valence-electron chi connectivity index (χ0n) is 16.2. The number of methoxy groups -OCH3 is 1. The Bertz CT molecular complexity index is 938. The molecule has 0 unspecified atom stereocenters. The topological polar surface area (TPSA) is 54.7 Å². The van der Waals surface area contributed by atoms with Gasteiger partial charge in [-0.3, -0.25) is 4.79 Å². The molecule has 0 radical (unpaired) electrons. The first kappa shape index (κ1) is 18.4. The average Bonchev–Trinajstić information content (AvgIpc) is 2.92. The summed E-state index contributed by atoms with van der Waals surface area (Å²) >= 11 is 0. The molecule has 1 aliphatic heterocycles. The van der Waals surface area contributed by atoms with Crippen molar-refractivity contribution >= 4 is 28.3 Å². The maximum absolute atomic E-state index is 12.5. The van der Waals surface area contributed by atoms with Crippen LogP contribution in [-0.4, -0.2) is 26.1 Å². The number of nitrogens with one attached hydrogen (secondary N) is 1. The first-order valence-corrected chi connectivity index (χ1v) is 9.92. The van der Waals surface area contributed by atoms with Crippen LogP contribution in [0.3, 0.4) is 0 Å². The monoisotopic (exact) mass is 378 g/mol. The third kappa shape index (κ3) is 4.14. The number of benzene rings is 2. The minimum atomic E-state index is -0.0546. The highest BCUT2D eigenvalue weighted by Crippen LogP contribution is 2.26. The molecule has 4 rings (SSSR count). The number of amides is 1. The van der Waals surface area contributed by atoms with E-state index >= 15 is 0 Å². The van der Waals surface area contributed by atoms with Crippen LogP contribution in [0.2, 0.25) is 0 Å². The number of carbonyl (C=O) groups excluding carboxylic acids is 1. The zero-order valence-corrected chi connectivity index (χ0v) is 16.2. The first-order chi connectivity index (χ1) is 13.7. The largest absolute Gasteiger partial charge is 0.497 e. The lowest BCUT2D eigenvalue weighted by Crippen LogP contribution is -2.23. The Morgan fingerprint density at radius 1 is 1.07 bits per heavy atom. The molecule has 1 amide bonds. The van der Waals surface area contributed by atoms with Crippen molar-refractivity contribution in [2.24, 2.45) is 0 Å². The molecule has 5 heteroatoms. The van der Waals surface area contributed by atoms with Crippen LogP contribution in [0, 0.1) is 0 Å². The summed E-state index contributed by atoms with van der Waals surface area (Å²) in [6.07, 6.45) is 7.06. The van der Waals surface area contributed by atoms with Crippen molar-refractivity contribution in [2.45, 2.75) is 32.1 Å². The summed E-state index contributed by atoms with van der Waals surface area (Å²) < 4.78 is 10.8. The van der Waals surface area contributed by atoms with Gasteiger partial charge in [0.2, 0.25) is 5.91 Å². The highest BCUT2D eigenvalue weighted by molar-refractivity contribution is 5.95. The number of carbonyl (C=O) groups is 1. The molecule has 1 fully saturated rings. The second-order valence-electron chi connectivity index (χ2n) is 7.30. The fourth-order valence-corrected chi connectivity index (χ4v) is 3.79. The van der Waals surface area contributed by atoms with Crippen LogP contribution in [0.15, 0.2) is 53.1 Å². The third-order valence-electron chi connectivity index (χ3n) is 5.34. The van der Waals surface area contributed by atoms with E-state index in [2.05, 4.69) is 22.3 Å². The molecule has 0 bridgehead atoms. The molecule has 0 spiro atoms. The van der Waals surface area contributed by atoms with E-state index in [1.807, 2.05) is 30.3 Å². The van der Waals surface area contributed by atoms with Crippen LogP contribution in [0.1, 0.15) is 31.2 Å². The number of hydrogen-bond acceptors (Lipinski definition) is 4. The minimum absolute atomic E-state index is 0.0546. The summed E-state index contributed by atoms with van der Waals surface area (Å²) in [4.78, 5) is 14.9. The van der Waals surface area contributed by atoms with Gasteiger partial charge in [-0.05, 0) is 49.2 Å². The minimum Gasteiger partial charge on any atom is -0.497 e. The van der Waals surface area contributed by atoms with Gasteiger partial charge in [0.25, 0.3) is 0 Å². The maximum atomic E-state index is 12.5. The third-order valence-corrected chi connectivity index (χ3v) is 5.34. The molecule has 1 saturated heterocycles. The maximum Gasteiger partial charge on any atom is 0.228 e. The van der Waals surface area contributed by atoms with E-state index in [1.165, 1.54) is 31.4 Å². The summed E-state index contributed by atoms with van der Waals surface area (Å²) in [5, 5.41) is 3.92. The van der Waals surface area contributed by atoms with Crippen molar-refractivity contribution in [3.8, 4) is 5.75 Å². The number of nitrogens with zero attached hydrogens (tertiary/aromatic N) is 1. The molecule has 2 heterocycles. The van der Waals surface area contributed by atoms with Crippen molar-refractivity contribution in [1.29, 1.82) is 0 Å². The number of rotatable bonds is 5. The zero-order chi connectivity index (χ0) is 19.3. The van der Waals surface area contributed by atoms with Gasteiger partial charge in [-0.15, -0.1) is 0 Å². The van der Waals surface area contributed by atoms with Gasteiger partial charge in [-0.25, -0.2) is 0 Å². The number of fused-ring (bicyclic) bond motifs is 1. The second kappa shape index (κ2) is 8.38. The van der Waals surface area contributed by atoms with Gasteiger partial charge < -0.3 is 19.4 Å². The Balaban J connectivity index is 1.39. The van der Waals surface area contributed by atoms with E-state index in [4.69, 9.17) is 9.15 Å². The molecule has 0 saturated carbocycles. The van der Waals surface area contributed by atoms with E-state index in [9.17, 15) is 4.79 Å². The van der Waals surface area contributed by atoms with Crippen LogP contribution >= 0.6 is 0 Å². The van der Waals surface area contributed by atoms with Gasteiger partial charge in [0.05, 0.1) is 19.8 Å².